The van der Waals surface area contributed by atoms with E-state index in [0.717, 1.165) is 0 Å². The van der Waals surface area contributed by atoms with E-state index >= 15 is 0 Å². The Kier molecular flexibility index (Phi) is 17.0. The average molecular weight is 723 g/mol. The molecule has 0 aromatic heterocycles. The molecular weight excluding hydrogens is 672 g/mol. The fourth-order valence-corrected chi connectivity index (χ4v) is 4.85. The monoisotopic (exact) mass is 722 g/mol. The van der Waals surface area contributed by atoms with Gasteiger partial charge in [-0.2, -0.15) is 5.26 Å². The van der Waals surface area contributed by atoms with E-state index in [1.165, 1.54) is 0 Å². The summed E-state index contributed by atoms with van der Waals surface area (Å²) in [4.78, 5) is 66.5. The zero-order valence-electron chi connectivity index (χ0n) is 30.4. The quantitative estimate of drug-likeness (QED) is 0.0343. The molecule has 0 heterocycles. The molecule has 2 aromatic rings. The van der Waals surface area contributed by atoms with Crippen LogP contribution in [0.5, 0.6) is 5.75 Å². The highest BCUT2D eigenvalue weighted by molar-refractivity contribution is 5.96. The number of rotatable bonds is 19. The Morgan fingerprint density at radius 3 is 2.02 bits per heavy atom. The Balaban J connectivity index is 1.98. The van der Waals surface area contributed by atoms with E-state index in [1.54, 1.807) is 55.6 Å². The molecule has 0 aliphatic carbocycles. The van der Waals surface area contributed by atoms with Gasteiger partial charge in [0.15, 0.2) is 6.19 Å². The molecule has 0 aliphatic rings. The number of carboxylic acids is 2. The van der Waals surface area contributed by atoms with Gasteiger partial charge in [0, 0.05) is 18.7 Å². The van der Waals surface area contributed by atoms with E-state index in [9.17, 15) is 34.2 Å². The number of carbonyl (C=O) groups excluding carboxylic acids is 3. The highest BCUT2D eigenvalue weighted by Crippen LogP contribution is 2.19. The van der Waals surface area contributed by atoms with Gasteiger partial charge in [0.1, 0.15) is 23.9 Å². The Morgan fingerprint density at radius 1 is 0.865 bits per heavy atom. The summed E-state index contributed by atoms with van der Waals surface area (Å²) in [5.41, 5.74) is 1.46. The first kappa shape index (κ1) is 42.5. The van der Waals surface area contributed by atoms with Crippen LogP contribution in [-0.2, 0) is 30.4 Å². The molecule has 3 atom stereocenters. The van der Waals surface area contributed by atoms with Crippen molar-refractivity contribution in [3.8, 4) is 11.9 Å². The van der Waals surface area contributed by atoms with Crippen LogP contribution in [0.3, 0.4) is 0 Å². The Morgan fingerprint density at radius 2 is 1.48 bits per heavy atom. The number of nitrogens with zero attached hydrogens (tertiary/aromatic N) is 2. The van der Waals surface area contributed by atoms with Gasteiger partial charge >= 0.3 is 11.9 Å². The summed E-state index contributed by atoms with van der Waals surface area (Å²) < 4.78 is 5.15. The number of aliphatic imine (C=N–C) groups is 1. The van der Waals surface area contributed by atoms with Gasteiger partial charge in [0.05, 0.1) is 19.2 Å². The molecule has 0 saturated carbocycles. The van der Waals surface area contributed by atoms with Crippen molar-refractivity contribution in [2.75, 3.05) is 25.5 Å². The van der Waals surface area contributed by atoms with Crippen LogP contribution in [0.1, 0.15) is 59.4 Å². The van der Waals surface area contributed by atoms with Crippen molar-refractivity contribution in [1.29, 1.82) is 5.26 Å². The average Bonchev–Trinajstić information content (AvgIpc) is 3.05. The molecule has 52 heavy (non-hydrogen) atoms. The van der Waals surface area contributed by atoms with Crippen LogP contribution in [-0.4, -0.2) is 84.2 Å². The smallest absolute Gasteiger partial charge is 0.327 e. The maximum atomic E-state index is 13.2. The molecule has 0 fully saturated rings. The number of ether oxygens (including phenoxy) is 1. The van der Waals surface area contributed by atoms with Crippen molar-refractivity contribution < 1.29 is 38.9 Å². The minimum atomic E-state index is -1.32. The van der Waals surface area contributed by atoms with Crippen LogP contribution in [0, 0.1) is 22.8 Å². The number of nitriles is 1. The Labute approximate surface area is 303 Å². The summed E-state index contributed by atoms with van der Waals surface area (Å²) in [7, 11) is 1.56. The first-order valence-electron chi connectivity index (χ1n) is 16.8. The van der Waals surface area contributed by atoms with Gasteiger partial charge in [-0.1, -0.05) is 46.8 Å². The molecule has 0 saturated heterocycles. The number of hydrogen-bond donors (Lipinski definition) is 8. The lowest BCUT2D eigenvalue weighted by Crippen LogP contribution is -2.53. The fraction of sp³-hybridized carbons (Fsp3) is 0.472. The van der Waals surface area contributed by atoms with E-state index in [-0.39, 0.29) is 56.1 Å². The minimum absolute atomic E-state index is 0.0117. The van der Waals surface area contributed by atoms with Crippen molar-refractivity contribution in [3.05, 3.63) is 54.1 Å². The van der Waals surface area contributed by atoms with Crippen LogP contribution in [0.2, 0.25) is 0 Å². The predicted octanol–water partition coefficient (Wildman–Crippen LogP) is 2.49. The molecule has 3 amide bonds. The maximum absolute atomic E-state index is 13.2. The number of amides is 3. The third-order valence-electron chi connectivity index (χ3n) is 7.32. The molecule has 0 radical (unpaired) electrons. The molecule has 16 heteroatoms. The first-order valence-corrected chi connectivity index (χ1v) is 16.8. The minimum Gasteiger partial charge on any atom is -0.497 e. The van der Waals surface area contributed by atoms with Gasteiger partial charge in [0.2, 0.25) is 23.7 Å². The van der Waals surface area contributed by atoms with Crippen molar-refractivity contribution >= 4 is 47.0 Å². The molecular formula is C36H50N8O8. The summed E-state index contributed by atoms with van der Waals surface area (Å²) in [6, 6.07) is 10.2. The second kappa shape index (κ2) is 20.9. The van der Waals surface area contributed by atoms with Crippen LogP contribution >= 0.6 is 0 Å². The number of hydrogen-bond acceptors (Lipinski definition) is 9. The van der Waals surface area contributed by atoms with Crippen LogP contribution in [0.25, 0.3) is 0 Å². The van der Waals surface area contributed by atoms with E-state index in [2.05, 4.69) is 36.9 Å². The summed E-state index contributed by atoms with van der Waals surface area (Å²) in [6.45, 7) is 9.17. The third kappa shape index (κ3) is 16.3. The van der Waals surface area contributed by atoms with Crippen molar-refractivity contribution in [3.63, 3.8) is 0 Å². The number of carbonyl (C=O) groups is 5. The SMILES string of the molecule is COc1ccc(NC(=Nc2ccc(CC(=O)NC(CC(C)C)C(=O)NC(CCNCC(NC(=O)CC(C)(C)C)C(=O)O)C(=O)O)cc2)NC#N)cc1. The Bertz CT molecular complexity index is 1580. The van der Waals surface area contributed by atoms with Gasteiger partial charge in [-0.05, 0) is 72.7 Å². The van der Waals surface area contributed by atoms with Crippen molar-refractivity contribution in [2.45, 2.75) is 78.4 Å². The van der Waals surface area contributed by atoms with E-state index in [0.29, 0.717) is 22.7 Å². The van der Waals surface area contributed by atoms with Gasteiger partial charge in [-0.15, -0.1) is 0 Å². The normalized spacial score (nSPS) is 13.2. The first-order chi connectivity index (χ1) is 24.5. The number of guanidine groups is 1. The molecule has 2 rings (SSSR count). The number of anilines is 1. The molecule has 2 aromatic carbocycles. The topological polar surface area (TPSA) is 243 Å². The number of benzene rings is 2. The second-order valence-electron chi connectivity index (χ2n) is 13.7. The third-order valence-corrected chi connectivity index (χ3v) is 7.32. The van der Waals surface area contributed by atoms with Crippen LogP contribution in [0.4, 0.5) is 11.4 Å². The summed E-state index contributed by atoms with van der Waals surface area (Å²) in [6.07, 6.45) is 2.07. The molecule has 282 valence electrons. The highest BCUT2D eigenvalue weighted by atomic mass is 16.5. The van der Waals surface area contributed by atoms with E-state index in [1.807, 2.05) is 40.8 Å². The summed E-state index contributed by atoms with van der Waals surface area (Å²) in [5, 5.41) is 44.4. The largest absolute Gasteiger partial charge is 0.497 e. The predicted molar refractivity (Wildman–Crippen MR) is 195 cm³/mol. The summed E-state index contributed by atoms with van der Waals surface area (Å²) >= 11 is 0. The van der Waals surface area contributed by atoms with E-state index in [4.69, 9.17) is 10.00 Å². The molecule has 16 nitrogen and oxygen atoms in total. The van der Waals surface area contributed by atoms with Gasteiger partial charge in [-0.25, -0.2) is 14.6 Å². The Hall–Kier alpha value is -5.69. The van der Waals surface area contributed by atoms with Crippen molar-refractivity contribution in [1.82, 2.24) is 26.6 Å². The molecule has 0 bridgehead atoms. The lowest BCUT2D eigenvalue weighted by atomic mass is 9.92. The molecule has 3 unspecified atom stereocenters. The zero-order chi connectivity index (χ0) is 38.8. The van der Waals surface area contributed by atoms with Crippen LogP contribution in [0.15, 0.2) is 53.5 Å². The van der Waals surface area contributed by atoms with Crippen LogP contribution < -0.4 is 36.6 Å². The van der Waals surface area contributed by atoms with E-state index < -0.39 is 47.8 Å². The van der Waals surface area contributed by atoms with Crippen molar-refractivity contribution in [2.24, 2.45) is 16.3 Å². The lowest BCUT2D eigenvalue weighted by Gasteiger charge is -2.23. The summed E-state index contributed by atoms with van der Waals surface area (Å²) in [5.74, 6) is -3.23. The number of methoxy groups -OCH3 is 1. The van der Waals surface area contributed by atoms with Gasteiger partial charge in [0.25, 0.3) is 0 Å². The van der Waals surface area contributed by atoms with Gasteiger partial charge in [-0.3, -0.25) is 19.7 Å². The highest BCUT2D eigenvalue weighted by Gasteiger charge is 2.28. The number of aliphatic carboxylic acids is 2. The number of carboxylic acid groups (broad SMARTS) is 2. The number of nitrogens with one attached hydrogen (secondary N) is 6. The maximum Gasteiger partial charge on any atom is 0.327 e. The molecule has 8 N–H and O–H groups in total. The fourth-order valence-electron chi connectivity index (χ4n) is 4.85. The second-order valence-corrected chi connectivity index (χ2v) is 13.7. The van der Waals surface area contributed by atoms with Gasteiger partial charge < -0.3 is 41.5 Å². The standard InChI is InChI=1S/C36H50N8O8/c1-22(2)17-28(32(47)44-27(33(48)49)15-16-38-20-29(34(50)51)43-31(46)19-36(3,4)5)42-30(45)18-23-7-9-24(10-8-23)40-35(39-21-37)41-25-11-13-26(52-6)14-12-25/h7-14,22,27-29,38H,15-20H2,1-6H3,(H,42,45)(H,43,46)(H,44,47)(H,48,49)(H,50,51)(H2,39,40,41). The molecule has 0 spiro atoms. The lowest BCUT2D eigenvalue weighted by molar-refractivity contribution is -0.143. The zero-order valence-corrected chi connectivity index (χ0v) is 30.4. The molecule has 0 aliphatic heterocycles.